The topological polar surface area (TPSA) is 55.2 Å². The molecule has 2 atom stereocenters. The smallest absolute Gasteiger partial charge is 0.310 e. The maximum absolute atomic E-state index is 12.2. The molecule has 0 aromatic rings. The number of nitrogens with one attached hydrogen (secondary N) is 1. The van der Waals surface area contributed by atoms with Gasteiger partial charge in [0.2, 0.25) is 6.04 Å². The van der Waals surface area contributed by atoms with Crippen LogP contribution < -0.4 is 5.32 Å². The summed E-state index contributed by atoms with van der Waals surface area (Å²) >= 11 is 0. The van der Waals surface area contributed by atoms with Crippen LogP contribution in [-0.4, -0.2) is 30.2 Å². The Morgan fingerprint density at radius 3 is 2.46 bits per heavy atom. The second kappa shape index (κ2) is 3.49. The standard InChI is InChI=1S/C6H9F3N2O2/c7-6(8,9)4-1-2-10-3-5(4)11(12)13/h4-5,10H,1-3H2/t4-,5-/m1/s1. The van der Waals surface area contributed by atoms with Gasteiger partial charge < -0.3 is 5.32 Å². The minimum absolute atomic E-state index is 0.189. The van der Waals surface area contributed by atoms with Gasteiger partial charge in [-0.2, -0.15) is 13.2 Å². The number of nitro groups is 1. The molecule has 0 aromatic carbocycles. The molecular formula is C6H9F3N2O2. The lowest BCUT2D eigenvalue weighted by Crippen LogP contribution is -2.50. The van der Waals surface area contributed by atoms with Crippen LogP contribution in [0.4, 0.5) is 13.2 Å². The van der Waals surface area contributed by atoms with E-state index in [1.165, 1.54) is 0 Å². The van der Waals surface area contributed by atoms with Gasteiger partial charge in [-0.15, -0.1) is 0 Å². The second-order valence-corrected chi connectivity index (χ2v) is 2.99. The normalized spacial score (nSPS) is 30.1. The summed E-state index contributed by atoms with van der Waals surface area (Å²) in [5, 5.41) is 12.9. The minimum atomic E-state index is -4.46. The van der Waals surface area contributed by atoms with Crippen molar-refractivity contribution in [3.8, 4) is 0 Å². The van der Waals surface area contributed by atoms with Gasteiger partial charge in [0.1, 0.15) is 5.92 Å². The van der Waals surface area contributed by atoms with Crippen LogP contribution in [0.25, 0.3) is 0 Å². The summed E-state index contributed by atoms with van der Waals surface area (Å²) in [6.07, 6.45) is -4.67. The van der Waals surface area contributed by atoms with E-state index < -0.39 is 23.1 Å². The Labute approximate surface area is 72.3 Å². The predicted molar refractivity (Wildman–Crippen MR) is 37.8 cm³/mol. The molecule has 1 aliphatic heterocycles. The van der Waals surface area contributed by atoms with Crippen molar-refractivity contribution in [2.75, 3.05) is 13.1 Å². The van der Waals surface area contributed by atoms with E-state index in [0.717, 1.165) is 0 Å². The SMILES string of the molecule is O=[N+]([O-])[C@@H]1CNCC[C@H]1C(F)(F)F. The number of piperidine rings is 1. The Bertz CT molecular complexity index is 207. The monoisotopic (exact) mass is 198 g/mol. The molecule has 7 heteroatoms. The summed E-state index contributed by atoms with van der Waals surface area (Å²) in [5.41, 5.74) is 0. The van der Waals surface area contributed by atoms with Gasteiger partial charge in [0, 0.05) is 4.92 Å². The number of alkyl halides is 3. The van der Waals surface area contributed by atoms with E-state index in [4.69, 9.17) is 0 Å². The molecular weight excluding hydrogens is 189 g/mol. The van der Waals surface area contributed by atoms with E-state index in [-0.39, 0.29) is 19.5 Å². The first-order valence-electron chi connectivity index (χ1n) is 3.84. The molecule has 1 fully saturated rings. The van der Waals surface area contributed by atoms with Crippen molar-refractivity contribution in [1.29, 1.82) is 0 Å². The van der Waals surface area contributed by atoms with Gasteiger partial charge in [0.15, 0.2) is 0 Å². The lowest BCUT2D eigenvalue weighted by Gasteiger charge is -2.27. The fraction of sp³-hybridized carbons (Fsp3) is 1.00. The third-order valence-corrected chi connectivity index (χ3v) is 2.14. The third-order valence-electron chi connectivity index (χ3n) is 2.14. The molecule has 1 heterocycles. The highest BCUT2D eigenvalue weighted by molar-refractivity contribution is 4.82. The van der Waals surface area contributed by atoms with Crippen LogP contribution in [0.2, 0.25) is 0 Å². The van der Waals surface area contributed by atoms with E-state index in [2.05, 4.69) is 5.32 Å². The number of halogens is 3. The molecule has 0 aliphatic carbocycles. The quantitative estimate of drug-likeness (QED) is 0.501. The fourth-order valence-electron chi connectivity index (χ4n) is 1.45. The molecule has 0 spiro atoms. The molecule has 1 N–H and O–H groups in total. The summed E-state index contributed by atoms with van der Waals surface area (Å²) in [6, 6.07) is -1.53. The van der Waals surface area contributed by atoms with Crippen LogP contribution in [0.5, 0.6) is 0 Å². The highest BCUT2D eigenvalue weighted by Gasteiger charge is 2.51. The number of hydrogen-bond donors (Lipinski definition) is 1. The van der Waals surface area contributed by atoms with Crippen LogP contribution in [0.15, 0.2) is 0 Å². The molecule has 0 amide bonds. The molecule has 1 saturated heterocycles. The summed E-state index contributed by atoms with van der Waals surface area (Å²) in [4.78, 5) is 9.42. The number of rotatable bonds is 1. The van der Waals surface area contributed by atoms with Crippen LogP contribution in [0.3, 0.4) is 0 Å². The van der Waals surface area contributed by atoms with E-state index in [1.54, 1.807) is 0 Å². The van der Waals surface area contributed by atoms with Crippen LogP contribution >= 0.6 is 0 Å². The largest absolute Gasteiger partial charge is 0.398 e. The average Bonchev–Trinajstić information content (AvgIpc) is 2.03. The molecule has 76 valence electrons. The van der Waals surface area contributed by atoms with Gasteiger partial charge in [-0.3, -0.25) is 10.1 Å². The Hall–Kier alpha value is -0.850. The first-order valence-corrected chi connectivity index (χ1v) is 3.84. The zero-order valence-electron chi connectivity index (χ0n) is 6.67. The van der Waals surface area contributed by atoms with Crippen molar-refractivity contribution in [3.63, 3.8) is 0 Å². The maximum atomic E-state index is 12.2. The van der Waals surface area contributed by atoms with Crippen molar-refractivity contribution in [2.45, 2.75) is 18.6 Å². The Balaban J connectivity index is 2.73. The molecule has 0 saturated carbocycles. The van der Waals surface area contributed by atoms with Crippen LogP contribution in [0, 0.1) is 16.0 Å². The Morgan fingerprint density at radius 2 is 2.08 bits per heavy atom. The molecule has 4 nitrogen and oxygen atoms in total. The van der Waals surface area contributed by atoms with E-state index in [9.17, 15) is 23.3 Å². The highest BCUT2D eigenvalue weighted by atomic mass is 19.4. The second-order valence-electron chi connectivity index (χ2n) is 2.99. The molecule has 0 unspecified atom stereocenters. The first-order chi connectivity index (χ1) is 5.93. The van der Waals surface area contributed by atoms with E-state index >= 15 is 0 Å². The van der Waals surface area contributed by atoms with Gasteiger partial charge in [0.05, 0.1) is 6.54 Å². The lowest BCUT2D eigenvalue weighted by molar-refractivity contribution is -0.541. The van der Waals surface area contributed by atoms with Crippen LogP contribution in [-0.2, 0) is 0 Å². The fourth-order valence-corrected chi connectivity index (χ4v) is 1.45. The van der Waals surface area contributed by atoms with E-state index in [0.29, 0.717) is 0 Å². The van der Waals surface area contributed by atoms with Gasteiger partial charge in [-0.25, -0.2) is 0 Å². The van der Waals surface area contributed by atoms with Gasteiger partial charge in [0.25, 0.3) is 0 Å². The Kier molecular flexibility index (Phi) is 2.74. The third kappa shape index (κ3) is 2.30. The zero-order valence-corrected chi connectivity index (χ0v) is 6.67. The molecule has 0 aromatic heterocycles. The number of nitrogens with zero attached hydrogens (tertiary/aromatic N) is 1. The van der Waals surface area contributed by atoms with Gasteiger partial charge >= 0.3 is 6.18 Å². The van der Waals surface area contributed by atoms with Crippen molar-refractivity contribution in [1.82, 2.24) is 5.32 Å². The summed E-state index contributed by atoms with van der Waals surface area (Å²) in [7, 11) is 0. The maximum Gasteiger partial charge on any atom is 0.398 e. The predicted octanol–water partition coefficient (Wildman–Crippen LogP) is 0.803. The lowest BCUT2D eigenvalue weighted by atomic mass is 9.93. The van der Waals surface area contributed by atoms with Crippen molar-refractivity contribution < 1.29 is 18.1 Å². The summed E-state index contributed by atoms with van der Waals surface area (Å²) in [6.45, 7) is -0.00824. The Morgan fingerprint density at radius 1 is 1.46 bits per heavy atom. The molecule has 0 bridgehead atoms. The first kappa shape index (κ1) is 10.2. The highest BCUT2D eigenvalue weighted by Crippen LogP contribution is 2.33. The number of hydrogen-bond acceptors (Lipinski definition) is 3. The van der Waals surface area contributed by atoms with Gasteiger partial charge in [-0.1, -0.05) is 0 Å². The van der Waals surface area contributed by atoms with Crippen LogP contribution in [0.1, 0.15) is 6.42 Å². The van der Waals surface area contributed by atoms with Gasteiger partial charge in [-0.05, 0) is 13.0 Å². The van der Waals surface area contributed by atoms with Crippen molar-refractivity contribution in [3.05, 3.63) is 10.1 Å². The average molecular weight is 198 g/mol. The summed E-state index contributed by atoms with van der Waals surface area (Å²) in [5.74, 6) is -1.80. The zero-order chi connectivity index (χ0) is 10.1. The van der Waals surface area contributed by atoms with Crippen molar-refractivity contribution in [2.24, 2.45) is 5.92 Å². The molecule has 1 rings (SSSR count). The minimum Gasteiger partial charge on any atom is -0.310 e. The van der Waals surface area contributed by atoms with Crippen molar-refractivity contribution >= 4 is 0 Å². The molecule has 13 heavy (non-hydrogen) atoms. The molecule has 0 radical (unpaired) electrons. The molecule has 1 aliphatic rings. The van der Waals surface area contributed by atoms with E-state index in [1.807, 2.05) is 0 Å². The summed E-state index contributed by atoms with van der Waals surface area (Å²) < 4.78 is 36.7.